The normalized spacial score (nSPS) is 21.4. The van der Waals surface area contributed by atoms with Gasteiger partial charge in [0.1, 0.15) is 0 Å². The van der Waals surface area contributed by atoms with E-state index in [2.05, 4.69) is 240 Å². The zero-order chi connectivity index (χ0) is 49.2. The fourth-order valence-corrected chi connectivity index (χ4v) is 14.6. The molecule has 0 radical (unpaired) electrons. The molecule has 1 saturated carbocycles. The molecular weight excluding hydrogens is 844 g/mol. The van der Waals surface area contributed by atoms with Crippen molar-refractivity contribution in [1.82, 2.24) is 0 Å². The van der Waals surface area contributed by atoms with Gasteiger partial charge in [0.25, 0.3) is 0 Å². The Labute approximate surface area is 420 Å². The van der Waals surface area contributed by atoms with Crippen molar-refractivity contribution in [3.05, 3.63) is 184 Å². The monoisotopic (exact) mass is 917 g/mol. The van der Waals surface area contributed by atoms with Crippen LogP contribution in [0.25, 0.3) is 11.1 Å². The molecule has 7 aromatic carbocycles. The second kappa shape index (κ2) is 14.9. The van der Waals surface area contributed by atoms with Crippen molar-refractivity contribution in [3.63, 3.8) is 0 Å². The SMILES string of the molecule is Cc1cc2c3c(c1)N(c1cccc4c1C(C)(C)c1ccccc1-4)c1cc(N(c4ccc(C(C)(C)C)cc4)c4ccc(C(C)(C)C)cc4)ccc1B3c1cc(C(C)(C)C)cc3c1C2C1(C)CCCCC31C. The first kappa shape index (κ1) is 45.4. The van der Waals surface area contributed by atoms with E-state index < -0.39 is 0 Å². The zero-order valence-electron chi connectivity index (χ0n) is 44.6. The van der Waals surface area contributed by atoms with Crippen molar-refractivity contribution >= 4 is 57.2 Å². The third-order valence-electron chi connectivity index (χ3n) is 18.6. The molecule has 12 rings (SSSR count). The van der Waals surface area contributed by atoms with E-state index in [-0.39, 0.29) is 39.2 Å². The predicted molar refractivity (Wildman–Crippen MR) is 301 cm³/mol. The number of rotatable bonds is 4. The lowest BCUT2D eigenvalue weighted by molar-refractivity contribution is 0.0925. The maximum atomic E-state index is 2.74. The van der Waals surface area contributed by atoms with Crippen molar-refractivity contribution < 1.29 is 0 Å². The summed E-state index contributed by atoms with van der Waals surface area (Å²) in [7, 11) is 0. The Hall–Kier alpha value is -5.80. The van der Waals surface area contributed by atoms with E-state index in [0.717, 1.165) is 17.1 Å². The van der Waals surface area contributed by atoms with Crippen LogP contribution in [0.15, 0.2) is 133 Å². The van der Waals surface area contributed by atoms with Gasteiger partial charge in [0.15, 0.2) is 0 Å². The van der Waals surface area contributed by atoms with Crippen molar-refractivity contribution in [1.29, 1.82) is 0 Å². The molecule has 5 aliphatic rings. The molecule has 354 valence electrons. The minimum absolute atomic E-state index is 0.00553. The predicted octanol–water partition coefficient (Wildman–Crippen LogP) is 16.3. The highest BCUT2D eigenvalue weighted by molar-refractivity contribution is 6.99. The van der Waals surface area contributed by atoms with Crippen LogP contribution in [0.3, 0.4) is 0 Å². The second-order valence-electron chi connectivity index (χ2n) is 26.3. The lowest BCUT2D eigenvalue weighted by Crippen LogP contribution is -2.62. The molecular formula is C67H73BN2. The molecule has 70 heavy (non-hydrogen) atoms. The van der Waals surface area contributed by atoms with Crippen LogP contribution in [0.1, 0.15) is 172 Å². The molecule has 3 aliphatic carbocycles. The first-order valence-electron chi connectivity index (χ1n) is 26.5. The molecule has 0 saturated heterocycles. The van der Waals surface area contributed by atoms with Crippen molar-refractivity contribution in [2.75, 3.05) is 9.80 Å². The van der Waals surface area contributed by atoms with E-state index in [1.165, 1.54) is 98.2 Å². The summed E-state index contributed by atoms with van der Waals surface area (Å²) in [6.07, 6.45) is 5.10. The lowest BCUT2D eigenvalue weighted by atomic mass is 9.30. The number of fused-ring (bicyclic) bond motifs is 10. The Morgan fingerprint density at radius 1 is 0.529 bits per heavy atom. The average molecular weight is 917 g/mol. The lowest BCUT2D eigenvalue weighted by Gasteiger charge is -2.51. The Bertz CT molecular complexity index is 3240. The molecule has 2 heterocycles. The summed E-state index contributed by atoms with van der Waals surface area (Å²) in [5.41, 5.74) is 27.8. The average Bonchev–Trinajstić information content (AvgIpc) is 3.67. The van der Waals surface area contributed by atoms with Gasteiger partial charge in [0.05, 0.1) is 5.69 Å². The highest BCUT2D eigenvalue weighted by Crippen LogP contribution is 2.68. The number of hydrogen-bond donors (Lipinski definition) is 0. The molecule has 2 nitrogen and oxygen atoms in total. The zero-order valence-corrected chi connectivity index (χ0v) is 44.6. The highest BCUT2D eigenvalue weighted by atomic mass is 15.2. The fourth-order valence-electron chi connectivity index (χ4n) is 14.6. The Morgan fingerprint density at radius 3 is 1.77 bits per heavy atom. The molecule has 0 N–H and O–H groups in total. The van der Waals surface area contributed by atoms with E-state index in [1.807, 2.05) is 0 Å². The van der Waals surface area contributed by atoms with E-state index in [1.54, 1.807) is 22.2 Å². The fraction of sp³-hybridized carbons (Fsp3) is 0.373. The van der Waals surface area contributed by atoms with Crippen LogP contribution in [0.4, 0.5) is 34.1 Å². The van der Waals surface area contributed by atoms with Gasteiger partial charge in [0.2, 0.25) is 6.71 Å². The molecule has 3 atom stereocenters. The number of benzene rings is 7. The second-order valence-corrected chi connectivity index (χ2v) is 26.3. The third-order valence-corrected chi connectivity index (χ3v) is 18.6. The van der Waals surface area contributed by atoms with E-state index >= 15 is 0 Å². The van der Waals surface area contributed by atoms with E-state index in [0.29, 0.717) is 5.92 Å². The third kappa shape index (κ3) is 6.31. The molecule has 0 bridgehead atoms. The molecule has 1 fully saturated rings. The molecule has 7 aromatic rings. The first-order chi connectivity index (χ1) is 33.0. The van der Waals surface area contributed by atoms with Crippen LogP contribution in [0, 0.1) is 12.3 Å². The van der Waals surface area contributed by atoms with Gasteiger partial charge in [-0.3, -0.25) is 0 Å². The van der Waals surface area contributed by atoms with Gasteiger partial charge in [-0.1, -0.05) is 193 Å². The Balaban J connectivity index is 1.17. The molecule has 0 spiro atoms. The first-order valence-corrected chi connectivity index (χ1v) is 26.5. The van der Waals surface area contributed by atoms with Crippen LogP contribution < -0.4 is 26.2 Å². The minimum Gasteiger partial charge on any atom is -0.311 e. The largest absolute Gasteiger partial charge is 0.311 e. The number of aryl methyl sites for hydroxylation is 1. The summed E-state index contributed by atoms with van der Waals surface area (Å²) >= 11 is 0. The number of hydrogen-bond acceptors (Lipinski definition) is 2. The number of nitrogens with zero attached hydrogens (tertiary/aromatic N) is 2. The van der Waals surface area contributed by atoms with Crippen LogP contribution in [-0.2, 0) is 27.1 Å². The van der Waals surface area contributed by atoms with Crippen molar-refractivity contribution in [3.8, 4) is 11.1 Å². The highest BCUT2D eigenvalue weighted by Gasteiger charge is 2.62. The van der Waals surface area contributed by atoms with Gasteiger partial charge in [0, 0.05) is 39.8 Å². The van der Waals surface area contributed by atoms with Crippen LogP contribution in [0.2, 0.25) is 0 Å². The van der Waals surface area contributed by atoms with Gasteiger partial charge in [-0.25, -0.2) is 0 Å². The summed E-state index contributed by atoms with van der Waals surface area (Å²) in [5.74, 6) is 0.342. The van der Waals surface area contributed by atoms with Crippen molar-refractivity contribution in [2.45, 2.75) is 156 Å². The molecule has 0 aromatic heterocycles. The van der Waals surface area contributed by atoms with Crippen LogP contribution in [-0.4, -0.2) is 6.71 Å². The van der Waals surface area contributed by atoms with E-state index in [9.17, 15) is 0 Å². The smallest absolute Gasteiger partial charge is 0.247 e. The summed E-state index contributed by atoms with van der Waals surface area (Å²) in [6.45, 7) is 33.9. The quantitative estimate of drug-likeness (QED) is 0.162. The number of anilines is 6. The van der Waals surface area contributed by atoms with Gasteiger partial charge >= 0.3 is 0 Å². The van der Waals surface area contributed by atoms with Crippen molar-refractivity contribution in [2.24, 2.45) is 5.41 Å². The van der Waals surface area contributed by atoms with Gasteiger partial charge in [-0.05, 0) is 167 Å². The Kier molecular flexibility index (Phi) is 9.64. The summed E-state index contributed by atoms with van der Waals surface area (Å²) in [4.78, 5) is 5.25. The van der Waals surface area contributed by atoms with Gasteiger partial charge < -0.3 is 9.80 Å². The van der Waals surface area contributed by atoms with Gasteiger partial charge in [-0.2, -0.15) is 0 Å². The van der Waals surface area contributed by atoms with E-state index in [4.69, 9.17) is 0 Å². The molecule has 3 heteroatoms. The maximum Gasteiger partial charge on any atom is 0.247 e. The summed E-state index contributed by atoms with van der Waals surface area (Å²) in [6, 6.07) is 53.1. The molecule has 0 amide bonds. The summed E-state index contributed by atoms with van der Waals surface area (Å²) < 4.78 is 0. The summed E-state index contributed by atoms with van der Waals surface area (Å²) in [5, 5.41) is 0. The molecule has 2 aliphatic heterocycles. The van der Waals surface area contributed by atoms with Gasteiger partial charge in [-0.15, -0.1) is 0 Å². The standard InChI is InChI=1S/C67H73BN2/c1-41-36-50-60-58-52(66(13)34-17-18-35-67(60,66)14)38-44(64(8,9)10)39-54(58)68-53-33-32-47(69(45-28-24-42(25-29-45)62(2,3)4)46-30-26-43(27-31-46)63(5,6)7)40-56(53)70(57(37-41)61(50)68)55-23-19-21-49-48-20-15-16-22-51(48)65(11,12)59(49)55/h15-16,19-33,36-40,60H,17-18,34-35H2,1-14H3. The maximum absolute atomic E-state index is 2.74. The molecule has 3 unspecified atom stereocenters. The topological polar surface area (TPSA) is 6.48 Å². The minimum atomic E-state index is -0.206. The van der Waals surface area contributed by atoms with Crippen LogP contribution in [0.5, 0.6) is 0 Å². The van der Waals surface area contributed by atoms with Crippen LogP contribution >= 0.6 is 0 Å². The Morgan fingerprint density at radius 2 is 1.13 bits per heavy atom.